The molecule has 0 aliphatic rings. The Morgan fingerprint density at radius 1 is 1.00 bits per heavy atom. The van der Waals surface area contributed by atoms with Crippen molar-refractivity contribution in [3.05, 3.63) is 53.6 Å². The van der Waals surface area contributed by atoms with E-state index in [1.807, 2.05) is 12.1 Å². The third kappa shape index (κ3) is 5.19. The second kappa shape index (κ2) is 10.6. The van der Waals surface area contributed by atoms with Crippen LogP contribution in [0.15, 0.2) is 47.4 Å². The van der Waals surface area contributed by atoms with Crippen molar-refractivity contribution in [1.29, 1.82) is 0 Å². The number of hydrogen-bond donors (Lipinski definition) is 0. The smallest absolute Gasteiger partial charge is 0.260 e. The number of benzene rings is 2. The van der Waals surface area contributed by atoms with Gasteiger partial charge in [-0.15, -0.1) is 0 Å². The third-order valence-electron chi connectivity index (χ3n) is 5.70. The Hall–Kier alpha value is -2.29. The van der Waals surface area contributed by atoms with Gasteiger partial charge >= 0.3 is 0 Å². The van der Waals surface area contributed by atoms with Gasteiger partial charge < -0.3 is 4.90 Å². The van der Waals surface area contributed by atoms with Crippen LogP contribution in [0.2, 0.25) is 0 Å². The zero-order valence-electron chi connectivity index (χ0n) is 19.2. The molecule has 0 spiro atoms. The van der Waals surface area contributed by atoms with Crippen molar-refractivity contribution in [3.63, 3.8) is 0 Å². The topological polar surface area (TPSA) is 70.6 Å². The molecular formula is C24H31N3O3S2. The van der Waals surface area contributed by atoms with Crippen LogP contribution in [0, 0.1) is 0 Å². The summed E-state index contributed by atoms with van der Waals surface area (Å²) in [6, 6.07) is 12.4. The molecule has 0 saturated carbocycles. The molecule has 1 aromatic heterocycles. The van der Waals surface area contributed by atoms with E-state index in [4.69, 9.17) is 4.98 Å². The normalized spacial score (nSPS) is 11.9. The number of fused-ring (bicyclic) bond motifs is 1. The second-order valence-corrected chi connectivity index (χ2v) is 10.8. The van der Waals surface area contributed by atoms with E-state index in [1.54, 1.807) is 30.0 Å². The van der Waals surface area contributed by atoms with Gasteiger partial charge in [-0.1, -0.05) is 57.2 Å². The fourth-order valence-corrected chi connectivity index (χ4v) is 5.57. The van der Waals surface area contributed by atoms with Crippen molar-refractivity contribution in [1.82, 2.24) is 9.88 Å². The van der Waals surface area contributed by atoms with Crippen LogP contribution in [-0.4, -0.2) is 56.1 Å². The number of anilines is 1. The summed E-state index contributed by atoms with van der Waals surface area (Å²) in [4.78, 5) is 22.6. The summed E-state index contributed by atoms with van der Waals surface area (Å²) < 4.78 is 25.8. The summed E-state index contributed by atoms with van der Waals surface area (Å²) in [5.41, 5.74) is 2.43. The highest BCUT2D eigenvalue weighted by atomic mass is 32.2. The highest BCUT2D eigenvalue weighted by Crippen LogP contribution is 2.32. The summed E-state index contributed by atoms with van der Waals surface area (Å²) >= 11 is 1.50. The van der Waals surface area contributed by atoms with E-state index in [9.17, 15) is 13.2 Å². The van der Waals surface area contributed by atoms with Gasteiger partial charge in [0.1, 0.15) is 0 Å². The maximum absolute atomic E-state index is 13.6. The van der Waals surface area contributed by atoms with Crippen LogP contribution in [0.1, 0.15) is 43.6 Å². The quantitative estimate of drug-likeness (QED) is 0.429. The van der Waals surface area contributed by atoms with Crippen molar-refractivity contribution >= 4 is 42.4 Å². The number of thiazole rings is 1. The predicted octanol–water partition coefficient (Wildman–Crippen LogP) is 4.64. The molecule has 0 N–H and O–H groups in total. The number of nitrogens with zero attached hydrogens (tertiary/aromatic N) is 3. The average molecular weight is 474 g/mol. The SMILES string of the molecule is CCc1cccc2sc(N(CCN(CC)CC)C(=O)c3cccc(S(=O)(=O)CC)c3)nc12. The first-order valence-corrected chi connectivity index (χ1v) is 13.6. The lowest BCUT2D eigenvalue weighted by Crippen LogP contribution is -2.39. The van der Waals surface area contributed by atoms with Crippen LogP contribution in [-0.2, 0) is 16.3 Å². The van der Waals surface area contributed by atoms with Crippen molar-refractivity contribution in [3.8, 4) is 0 Å². The van der Waals surface area contributed by atoms with Crippen LogP contribution >= 0.6 is 11.3 Å². The molecule has 0 fully saturated rings. The lowest BCUT2D eigenvalue weighted by atomic mass is 10.1. The van der Waals surface area contributed by atoms with Gasteiger partial charge in [-0.2, -0.15) is 0 Å². The molecule has 32 heavy (non-hydrogen) atoms. The molecule has 0 aliphatic carbocycles. The van der Waals surface area contributed by atoms with E-state index >= 15 is 0 Å². The summed E-state index contributed by atoms with van der Waals surface area (Å²) in [6.45, 7) is 10.9. The number of carbonyl (C=O) groups excluding carboxylic acids is 1. The van der Waals surface area contributed by atoms with Gasteiger partial charge in [0.15, 0.2) is 15.0 Å². The van der Waals surface area contributed by atoms with Crippen LogP contribution in [0.4, 0.5) is 5.13 Å². The maximum Gasteiger partial charge on any atom is 0.260 e. The molecule has 6 nitrogen and oxygen atoms in total. The van der Waals surface area contributed by atoms with E-state index in [0.717, 1.165) is 35.3 Å². The fraction of sp³-hybridized carbons (Fsp3) is 0.417. The van der Waals surface area contributed by atoms with Gasteiger partial charge in [0.25, 0.3) is 5.91 Å². The van der Waals surface area contributed by atoms with Crippen LogP contribution in [0.3, 0.4) is 0 Å². The molecule has 8 heteroatoms. The fourth-order valence-electron chi connectivity index (χ4n) is 3.60. The Balaban J connectivity index is 2.03. The molecule has 0 atom stereocenters. The van der Waals surface area contributed by atoms with Crippen molar-refractivity contribution < 1.29 is 13.2 Å². The Kier molecular flexibility index (Phi) is 8.03. The zero-order chi connectivity index (χ0) is 23.3. The molecule has 172 valence electrons. The Bertz CT molecular complexity index is 1180. The summed E-state index contributed by atoms with van der Waals surface area (Å²) in [5.74, 6) is -0.240. The molecule has 0 radical (unpaired) electrons. The van der Waals surface area contributed by atoms with E-state index in [2.05, 4.69) is 31.7 Å². The monoisotopic (exact) mass is 473 g/mol. The Labute approximate surface area is 194 Å². The van der Waals surface area contributed by atoms with Gasteiger partial charge in [-0.3, -0.25) is 9.69 Å². The first-order valence-electron chi connectivity index (χ1n) is 11.1. The van der Waals surface area contributed by atoms with Gasteiger partial charge in [-0.25, -0.2) is 13.4 Å². The number of likely N-dealkylation sites (N-methyl/N-ethyl adjacent to an activating group) is 1. The standard InChI is InChI=1S/C24H31N3O3S2/c1-5-18-11-10-14-21-22(18)25-24(31-21)27(16-15-26(6-2)7-3)23(28)19-12-9-13-20(17-19)32(29,30)8-4/h9-14,17H,5-8,15-16H2,1-4H3. The molecule has 3 aromatic rings. The lowest BCUT2D eigenvalue weighted by molar-refractivity contribution is 0.0983. The molecule has 0 saturated heterocycles. The number of amides is 1. The minimum absolute atomic E-state index is 0.00597. The molecule has 1 amide bonds. The number of carbonyl (C=O) groups is 1. The number of rotatable bonds is 10. The minimum atomic E-state index is -3.40. The number of hydrogen-bond acceptors (Lipinski definition) is 6. The highest BCUT2D eigenvalue weighted by molar-refractivity contribution is 7.91. The van der Waals surface area contributed by atoms with Crippen molar-refractivity contribution in [2.75, 3.05) is 36.8 Å². The summed E-state index contributed by atoms with van der Waals surface area (Å²) in [7, 11) is -3.40. The van der Waals surface area contributed by atoms with Crippen molar-refractivity contribution in [2.45, 2.75) is 39.0 Å². The molecule has 1 heterocycles. The van der Waals surface area contributed by atoms with Gasteiger partial charge in [-0.05, 0) is 49.3 Å². The average Bonchev–Trinajstić information content (AvgIpc) is 3.25. The van der Waals surface area contributed by atoms with Crippen LogP contribution in [0.25, 0.3) is 10.2 Å². The number of sulfone groups is 1. The van der Waals surface area contributed by atoms with E-state index < -0.39 is 9.84 Å². The Morgan fingerprint density at radius 2 is 1.72 bits per heavy atom. The molecular weight excluding hydrogens is 442 g/mol. The first kappa shape index (κ1) is 24.4. The zero-order valence-corrected chi connectivity index (χ0v) is 20.8. The number of aromatic nitrogens is 1. The lowest BCUT2D eigenvalue weighted by Gasteiger charge is -2.25. The Morgan fingerprint density at radius 3 is 2.38 bits per heavy atom. The van der Waals surface area contributed by atoms with Crippen LogP contribution < -0.4 is 4.90 Å². The highest BCUT2D eigenvalue weighted by Gasteiger charge is 2.24. The summed E-state index contributed by atoms with van der Waals surface area (Å²) in [6.07, 6.45) is 0.866. The van der Waals surface area contributed by atoms with Gasteiger partial charge in [0.05, 0.1) is 20.9 Å². The third-order valence-corrected chi connectivity index (χ3v) is 8.48. The van der Waals surface area contributed by atoms with Crippen LogP contribution in [0.5, 0.6) is 0 Å². The molecule has 0 aliphatic heterocycles. The molecule has 3 rings (SSSR count). The molecule has 0 bridgehead atoms. The van der Waals surface area contributed by atoms with E-state index in [-0.39, 0.29) is 16.6 Å². The van der Waals surface area contributed by atoms with E-state index in [1.165, 1.54) is 17.4 Å². The minimum Gasteiger partial charge on any atom is -0.302 e. The maximum atomic E-state index is 13.6. The largest absolute Gasteiger partial charge is 0.302 e. The first-order chi connectivity index (χ1) is 15.3. The number of para-hydroxylation sites is 1. The molecule has 2 aromatic carbocycles. The van der Waals surface area contributed by atoms with Gasteiger partial charge in [0, 0.05) is 18.7 Å². The molecule has 0 unspecified atom stereocenters. The van der Waals surface area contributed by atoms with Gasteiger partial charge in [0.2, 0.25) is 0 Å². The second-order valence-electron chi connectivity index (χ2n) is 7.53. The summed E-state index contributed by atoms with van der Waals surface area (Å²) in [5, 5.41) is 0.641. The number of aryl methyl sites for hydroxylation is 1. The van der Waals surface area contributed by atoms with E-state index in [0.29, 0.717) is 23.8 Å². The van der Waals surface area contributed by atoms with Crippen molar-refractivity contribution in [2.24, 2.45) is 0 Å². The predicted molar refractivity (Wildman–Crippen MR) is 133 cm³/mol.